The van der Waals surface area contributed by atoms with Crippen LogP contribution in [0, 0.1) is 0 Å². The summed E-state index contributed by atoms with van der Waals surface area (Å²) in [6.07, 6.45) is 27.1. The van der Waals surface area contributed by atoms with Gasteiger partial charge in [0.2, 0.25) is 0 Å². The molecule has 1 rings (SSSR count). The zero-order valence-corrected chi connectivity index (χ0v) is 40.5. The van der Waals surface area contributed by atoms with Gasteiger partial charge >= 0.3 is 27.6 Å². The molecule has 66 heavy (non-hydrogen) atoms. The first-order valence-electron chi connectivity index (χ1n) is 23.2. The Kier molecular flexibility index (Phi) is 34.4. The Morgan fingerprint density at radius 1 is 0.576 bits per heavy atom. The quantitative estimate of drug-likeness (QED) is 0.00979. The van der Waals surface area contributed by atoms with Gasteiger partial charge in [-0.05, 0) is 77.0 Å². The molecule has 1 fully saturated rings. The summed E-state index contributed by atoms with van der Waals surface area (Å²) in [6, 6.07) is 0. The molecule has 0 amide bonds. The summed E-state index contributed by atoms with van der Waals surface area (Å²) in [4.78, 5) is 54.2. The molecular weight excluding hydrogens is 898 g/mol. The van der Waals surface area contributed by atoms with Gasteiger partial charge < -0.3 is 49.7 Å². The maximum absolute atomic E-state index is 13.0. The highest BCUT2D eigenvalue weighted by molar-refractivity contribution is 7.47. The van der Waals surface area contributed by atoms with Gasteiger partial charge in [0, 0.05) is 12.8 Å². The van der Waals surface area contributed by atoms with Crippen molar-refractivity contribution in [2.24, 2.45) is 0 Å². The number of unbranched alkanes of at least 4 members (excludes halogenated alkanes) is 9. The summed E-state index contributed by atoms with van der Waals surface area (Å²) in [5.74, 6) is -1.34. The topological polar surface area (TPSA) is 276 Å². The van der Waals surface area contributed by atoms with Crippen LogP contribution < -0.4 is 0 Å². The molecule has 0 aromatic rings. The molecule has 8 N–H and O–H groups in total. The molecule has 1 aliphatic rings. The second kappa shape index (κ2) is 37.1. The number of allylic oxidation sites excluding steroid dienone is 12. The van der Waals surface area contributed by atoms with Gasteiger partial charge in [-0.3, -0.25) is 23.2 Å². The Balaban J connectivity index is 2.68. The molecule has 0 heterocycles. The molecule has 378 valence electrons. The molecule has 0 aliphatic heterocycles. The standard InChI is InChI=1S/C47H78O17P2/c1-3-5-7-9-11-12-13-14-15-16-17-18-23-27-31-35-41(50)62-39(37-61-66(58,59)64-47-44(53)42(51)43(52)46(45(47)54)63-65(55,56)57)36-60-40(49)34-30-26-22-20-19-21-25-29-33-38(48)32-28-24-10-8-6-4-2/h5,7,11-12,14-15,20-22,24-25,28-29,33,38-39,42-48,51-54H,3-4,6,8-10,13,16-19,23,26-27,30-32,34-37H2,1-2H3,(H,58,59)(H2,55,56,57)/b7-5-,12-11-,15-14-,22-20-,25-21-,28-24-,33-29+/t38-,39-,42?,43?,44?,45?,46-,47+/m1/s1. The van der Waals surface area contributed by atoms with E-state index in [0.717, 1.165) is 64.2 Å². The van der Waals surface area contributed by atoms with E-state index in [2.05, 4.69) is 60.9 Å². The molecule has 17 nitrogen and oxygen atoms in total. The minimum absolute atomic E-state index is 0.00421. The number of hydrogen-bond acceptors (Lipinski definition) is 14. The van der Waals surface area contributed by atoms with Crippen molar-refractivity contribution < 1.29 is 82.0 Å². The highest BCUT2D eigenvalue weighted by atomic mass is 31.2. The predicted molar refractivity (Wildman–Crippen MR) is 251 cm³/mol. The number of ether oxygens (including phenoxy) is 2. The van der Waals surface area contributed by atoms with Crippen LogP contribution in [0.2, 0.25) is 0 Å². The lowest BCUT2D eigenvalue weighted by Crippen LogP contribution is -2.64. The van der Waals surface area contributed by atoms with Crippen LogP contribution in [0.5, 0.6) is 0 Å². The average Bonchev–Trinajstić information content (AvgIpc) is 3.27. The lowest BCUT2D eigenvalue weighted by molar-refractivity contribution is -0.216. The molecule has 0 aromatic carbocycles. The molecule has 0 bridgehead atoms. The van der Waals surface area contributed by atoms with Crippen molar-refractivity contribution in [3.63, 3.8) is 0 Å². The maximum atomic E-state index is 13.0. The lowest BCUT2D eigenvalue weighted by Gasteiger charge is -2.43. The lowest BCUT2D eigenvalue weighted by atomic mass is 9.85. The van der Waals surface area contributed by atoms with E-state index in [4.69, 9.17) is 28.3 Å². The van der Waals surface area contributed by atoms with Crippen molar-refractivity contribution in [2.75, 3.05) is 13.2 Å². The molecule has 1 aliphatic carbocycles. The van der Waals surface area contributed by atoms with Crippen LogP contribution in [0.4, 0.5) is 0 Å². The fourth-order valence-corrected chi connectivity index (χ4v) is 7.95. The minimum Gasteiger partial charge on any atom is -0.462 e. The number of aliphatic hydroxyl groups excluding tert-OH is 5. The van der Waals surface area contributed by atoms with Gasteiger partial charge in [-0.25, -0.2) is 9.13 Å². The zero-order chi connectivity index (χ0) is 49.1. The third-order valence-electron chi connectivity index (χ3n) is 10.0. The van der Waals surface area contributed by atoms with Crippen molar-refractivity contribution in [2.45, 2.75) is 185 Å². The zero-order valence-electron chi connectivity index (χ0n) is 38.7. The van der Waals surface area contributed by atoms with Gasteiger partial charge in [-0.1, -0.05) is 131 Å². The Hall–Kier alpha value is -2.86. The van der Waals surface area contributed by atoms with Crippen molar-refractivity contribution in [3.8, 4) is 0 Å². The first-order valence-corrected chi connectivity index (χ1v) is 26.3. The molecule has 5 unspecified atom stereocenters. The van der Waals surface area contributed by atoms with E-state index in [1.54, 1.807) is 12.2 Å². The van der Waals surface area contributed by atoms with Gasteiger partial charge in [0.15, 0.2) is 6.10 Å². The molecule has 9 atom stereocenters. The molecule has 0 saturated heterocycles. The van der Waals surface area contributed by atoms with E-state index in [1.165, 1.54) is 12.8 Å². The molecule has 19 heteroatoms. The number of carbonyl (C=O) groups is 2. The number of phosphoric acid groups is 2. The summed E-state index contributed by atoms with van der Waals surface area (Å²) >= 11 is 0. The fourth-order valence-electron chi connectivity index (χ4n) is 6.41. The maximum Gasteiger partial charge on any atom is 0.472 e. The molecule has 0 aromatic heterocycles. The number of carbonyl (C=O) groups excluding carboxylic acids is 2. The van der Waals surface area contributed by atoms with Crippen LogP contribution in [0.25, 0.3) is 0 Å². The van der Waals surface area contributed by atoms with E-state index in [9.17, 15) is 49.1 Å². The monoisotopic (exact) mass is 976 g/mol. The van der Waals surface area contributed by atoms with Crippen LogP contribution in [0.3, 0.4) is 0 Å². The van der Waals surface area contributed by atoms with E-state index < -0.39 is 89.6 Å². The molecular formula is C47H78O17P2. The van der Waals surface area contributed by atoms with Gasteiger partial charge in [-0.2, -0.15) is 0 Å². The van der Waals surface area contributed by atoms with E-state index in [-0.39, 0.29) is 12.8 Å². The summed E-state index contributed by atoms with van der Waals surface area (Å²) in [5, 5.41) is 51.3. The normalized spacial score (nSPS) is 22.8. The van der Waals surface area contributed by atoms with Gasteiger partial charge in [-0.15, -0.1) is 0 Å². The largest absolute Gasteiger partial charge is 0.472 e. The third kappa shape index (κ3) is 31.2. The molecule has 0 radical (unpaired) electrons. The average molecular weight is 977 g/mol. The number of hydrogen-bond donors (Lipinski definition) is 8. The van der Waals surface area contributed by atoms with Crippen molar-refractivity contribution in [1.29, 1.82) is 0 Å². The summed E-state index contributed by atoms with van der Waals surface area (Å²) < 4.78 is 49.2. The Morgan fingerprint density at radius 2 is 1.12 bits per heavy atom. The summed E-state index contributed by atoms with van der Waals surface area (Å²) in [5.41, 5.74) is 0. The molecule has 0 spiro atoms. The highest BCUT2D eigenvalue weighted by Crippen LogP contribution is 2.49. The second-order valence-corrected chi connectivity index (χ2v) is 18.5. The van der Waals surface area contributed by atoms with Crippen LogP contribution >= 0.6 is 15.6 Å². The van der Waals surface area contributed by atoms with Crippen LogP contribution in [-0.2, 0) is 41.8 Å². The van der Waals surface area contributed by atoms with Crippen LogP contribution in [0.15, 0.2) is 85.1 Å². The summed E-state index contributed by atoms with van der Waals surface area (Å²) in [6.45, 7) is 2.82. The van der Waals surface area contributed by atoms with E-state index in [0.29, 0.717) is 32.1 Å². The van der Waals surface area contributed by atoms with Crippen molar-refractivity contribution in [3.05, 3.63) is 85.1 Å². The van der Waals surface area contributed by atoms with Crippen LogP contribution in [-0.4, -0.2) is 114 Å². The minimum atomic E-state index is -5.38. The van der Waals surface area contributed by atoms with Gasteiger partial charge in [0.25, 0.3) is 0 Å². The fraction of sp³-hybridized carbons (Fsp3) is 0.660. The number of esters is 2. The Bertz CT molecular complexity index is 1620. The van der Waals surface area contributed by atoms with Crippen molar-refractivity contribution >= 4 is 27.6 Å². The highest BCUT2D eigenvalue weighted by Gasteiger charge is 2.54. The number of rotatable bonds is 37. The Morgan fingerprint density at radius 3 is 1.77 bits per heavy atom. The summed E-state index contributed by atoms with van der Waals surface area (Å²) in [7, 11) is -10.7. The van der Waals surface area contributed by atoms with Crippen molar-refractivity contribution in [1.82, 2.24) is 0 Å². The Labute approximate surface area is 391 Å². The first kappa shape index (κ1) is 61.2. The van der Waals surface area contributed by atoms with Gasteiger partial charge in [0.05, 0.1) is 12.7 Å². The molecule has 1 saturated carbocycles. The predicted octanol–water partition coefficient (Wildman–Crippen LogP) is 7.58. The third-order valence-corrected chi connectivity index (χ3v) is 11.5. The van der Waals surface area contributed by atoms with Gasteiger partial charge in [0.1, 0.15) is 43.2 Å². The van der Waals surface area contributed by atoms with E-state index in [1.807, 2.05) is 30.4 Å². The van der Waals surface area contributed by atoms with E-state index >= 15 is 0 Å². The second-order valence-electron chi connectivity index (χ2n) is 15.9. The SMILES string of the molecule is CC/C=C\C/C=C\C/C=C\CCCCCCCC(=O)O[C@H](COC(=O)CCC/C=C\C/C=C\C=C\[C@H](O)C/C=C\CCCCC)COP(=O)(O)O[C@H]1C(O)C(O)C(O)[C@@H](OP(=O)(O)O)C1O. The number of phosphoric ester groups is 2. The first-order chi connectivity index (χ1) is 31.5. The smallest absolute Gasteiger partial charge is 0.462 e. The van der Waals surface area contributed by atoms with Crippen LogP contribution in [0.1, 0.15) is 136 Å². The number of aliphatic hydroxyl groups is 5.